The Hall–Kier alpha value is -3.62. The zero-order chi connectivity index (χ0) is 28.1. The number of hydrogen-bond donors (Lipinski definition) is 3. The fourth-order valence-electron chi connectivity index (χ4n) is 5.65. The third-order valence-corrected chi connectivity index (χ3v) is 7.59. The minimum atomic E-state index is -1.19. The number of aromatic carboxylic acids is 1. The van der Waals surface area contributed by atoms with Crippen molar-refractivity contribution in [2.45, 2.75) is 84.2 Å². The summed E-state index contributed by atoms with van der Waals surface area (Å²) in [5.74, 6) is -0.783. The van der Waals surface area contributed by atoms with E-state index in [1.165, 1.54) is 6.42 Å². The summed E-state index contributed by atoms with van der Waals surface area (Å²) in [5.41, 5.74) is 1.83. The van der Waals surface area contributed by atoms with Crippen molar-refractivity contribution >= 4 is 28.7 Å². The Balaban J connectivity index is 1.58. The third-order valence-electron chi connectivity index (χ3n) is 7.59. The quantitative estimate of drug-likeness (QED) is 0.314. The van der Waals surface area contributed by atoms with E-state index >= 15 is 0 Å². The second-order valence-corrected chi connectivity index (χ2v) is 11.3. The Bertz CT molecular complexity index is 1320. The number of benzene rings is 1. The molecule has 210 valence electrons. The lowest BCUT2D eigenvalue weighted by atomic mass is 9.86. The molecular weight excluding hydrogens is 496 g/mol. The summed E-state index contributed by atoms with van der Waals surface area (Å²) in [6.07, 6.45) is 8.88. The molecule has 0 bridgehead atoms. The number of hydrogen-bond acceptors (Lipinski definition) is 5. The number of para-hydroxylation sites is 1. The van der Waals surface area contributed by atoms with Gasteiger partial charge in [0.2, 0.25) is 17.7 Å². The summed E-state index contributed by atoms with van der Waals surface area (Å²) in [5, 5.41) is 16.6. The van der Waals surface area contributed by atoms with Crippen molar-refractivity contribution in [3.8, 4) is 0 Å². The van der Waals surface area contributed by atoms with Gasteiger partial charge in [0.05, 0.1) is 0 Å². The van der Waals surface area contributed by atoms with E-state index in [0.29, 0.717) is 25.2 Å². The number of carboxylic acids is 1. The Kier molecular flexibility index (Phi) is 9.09. The molecule has 1 aliphatic carbocycles. The van der Waals surface area contributed by atoms with Gasteiger partial charge in [0.1, 0.15) is 17.8 Å². The van der Waals surface area contributed by atoms with Crippen molar-refractivity contribution in [3.05, 3.63) is 53.4 Å². The van der Waals surface area contributed by atoms with E-state index in [1.54, 1.807) is 6.92 Å². The first-order valence-corrected chi connectivity index (χ1v) is 14.0. The Labute approximate surface area is 229 Å². The van der Waals surface area contributed by atoms with Gasteiger partial charge in [-0.1, -0.05) is 51.3 Å². The number of amides is 2. The van der Waals surface area contributed by atoms with Gasteiger partial charge in [-0.25, -0.2) is 9.78 Å². The largest absolute Gasteiger partial charge is 0.476 e. The Morgan fingerprint density at radius 2 is 1.85 bits per heavy atom. The van der Waals surface area contributed by atoms with Crippen molar-refractivity contribution in [1.82, 2.24) is 20.2 Å². The van der Waals surface area contributed by atoms with Crippen LogP contribution < -0.4 is 10.6 Å². The highest BCUT2D eigenvalue weighted by atomic mass is 16.4. The first-order chi connectivity index (χ1) is 18.6. The summed E-state index contributed by atoms with van der Waals surface area (Å²) in [6.45, 7) is 5.57. The summed E-state index contributed by atoms with van der Waals surface area (Å²) >= 11 is 0. The number of nitrogens with zero attached hydrogens (tertiary/aromatic N) is 2. The molecule has 0 aliphatic heterocycles. The maximum Gasteiger partial charge on any atom is 0.358 e. The standard InChI is InChI=1S/C30H40N4O5/c1-18(2)14-23(31-26(35)15-20-10-6-5-7-11-20)28(36)32-24(29-33-27(30(37)38)19(3)39-29)16-21-17-34(4)25-13-9-8-12-22(21)25/h8-9,12-13,17-18,20,23-24H,5-7,10-11,14-16H2,1-4H3,(H,31,35)(H,32,36)(H,37,38)/t23-,24+/m0/s1. The average molecular weight is 537 g/mol. The number of carbonyl (C=O) groups is 3. The maximum absolute atomic E-state index is 13.7. The SMILES string of the molecule is Cc1oc([C@@H](Cc2cn(C)c3ccccc23)NC(=O)[C@H](CC(C)C)NC(=O)CC2CCCCC2)nc1C(=O)O. The average Bonchev–Trinajstić information content (AvgIpc) is 3.43. The first-order valence-electron chi connectivity index (χ1n) is 14.0. The number of oxazole rings is 1. The molecule has 4 rings (SSSR count). The van der Waals surface area contributed by atoms with Crippen molar-refractivity contribution in [3.63, 3.8) is 0 Å². The van der Waals surface area contributed by atoms with Crippen molar-refractivity contribution in [2.75, 3.05) is 0 Å². The number of carbonyl (C=O) groups excluding carboxylic acids is 2. The van der Waals surface area contributed by atoms with Crippen LogP contribution in [0.3, 0.4) is 0 Å². The van der Waals surface area contributed by atoms with Crippen molar-refractivity contribution in [1.29, 1.82) is 0 Å². The van der Waals surface area contributed by atoms with Gasteiger partial charge in [0, 0.05) is 37.0 Å². The molecule has 9 heteroatoms. The van der Waals surface area contributed by atoms with Crippen LogP contribution in [0.25, 0.3) is 10.9 Å². The molecule has 3 N–H and O–H groups in total. The monoisotopic (exact) mass is 536 g/mol. The van der Waals surface area contributed by atoms with Crippen LogP contribution in [0.4, 0.5) is 0 Å². The van der Waals surface area contributed by atoms with Crippen molar-refractivity contribution < 1.29 is 23.9 Å². The molecule has 1 fully saturated rings. The van der Waals surface area contributed by atoms with Crippen LogP contribution in [0.15, 0.2) is 34.9 Å². The number of carboxylic acid groups (broad SMARTS) is 1. The summed E-state index contributed by atoms with van der Waals surface area (Å²) in [7, 11) is 1.96. The molecule has 1 aromatic carbocycles. The highest BCUT2D eigenvalue weighted by Gasteiger charge is 2.30. The van der Waals surface area contributed by atoms with Gasteiger partial charge in [-0.3, -0.25) is 9.59 Å². The molecule has 0 radical (unpaired) electrons. The highest BCUT2D eigenvalue weighted by Crippen LogP contribution is 2.28. The van der Waals surface area contributed by atoms with Gasteiger partial charge in [-0.05, 0) is 49.7 Å². The molecule has 2 aromatic heterocycles. The van der Waals surface area contributed by atoms with E-state index in [4.69, 9.17) is 4.42 Å². The van der Waals surface area contributed by atoms with Crippen LogP contribution in [-0.2, 0) is 23.1 Å². The zero-order valence-electron chi connectivity index (χ0n) is 23.3. The summed E-state index contributed by atoms with van der Waals surface area (Å²) < 4.78 is 7.79. The molecule has 1 saturated carbocycles. The number of aryl methyl sites for hydroxylation is 2. The minimum absolute atomic E-state index is 0.103. The van der Waals surface area contributed by atoms with Crippen LogP contribution in [0.2, 0.25) is 0 Å². The second-order valence-electron chi connectivity index (χ2n) is 11.3. The van der Waals surface area contributed by atoms with Crippen LogP contribution in [0.5, 0.6) is 0 Å². The number of fused-ring (bicyclic) bond motifs is 1. The molecule has 2 heterocycles. The van der Waals surface area contributed by atoms with Gasteiger partial charge in [-0.2, -0.15) is 0 Å². The molecule has 2 atom stereocenters. The lowest BCUT2D eigenvalue weighted by Crippen LogP contribution is -2.49. The van der Waals surface area contributed by atoms with Crippen LogP contribution in [-0.4, -0.2) is 38.5 Å². The molecule has 0 unspecified atom stereocenters. The molecule has 9 nitrogen and oxygen atoms in total. The smallest absolute Gasteiger partial charge is 0.358 e. The molecule has 2 amide bonds. The molecule has 1 aliphatic rings. The molecule has 3 aromatic rings. The highest BCUT2D eigenvalue weighted by molar-refractivity contribution is 5.89. The minimum Gasteiger partial charge on any atom is -0.476 e. The molecule has 0 spiro atoms. The van der Waals surface area contributed by atoms with Crippen LogP contribution >= 0.6 is 0 Å². The first kappa shape index (κ1) is 28.4. The zero-order valence-corrected chi connectivity index (χ0v) is 23.3. The number of aromatic nitrogens is 2. The third kappa shape index (κ3) is 7.07. The van der Waals surface area contributed by atoms with E-state index in [0.717, 1.165) is 42.1 Å². The second kappa shape index (κ2) is 12.5. The van der Waals surface area contributed by atoms with Gasteiger partial charge < -0.3 is 24.7 Å². The fraction of sp³-hybridized carbons (Fsp3) is 0.533. The predicted molar refractivity (Wildman–Crippen MR) is 148 cm³/mol. The summed E-state index contributed by atoms with van der Waals surface area (Å²) in [4.78, 5) is 42.5. The van der Waals surface area contributed by atoms with E-state index in [-0.39, 0.29) is 35.1 Å². The van der Waals surface area contributed by atoms with Crippen LogP contribution in [0.1, 0.15) is 92.5 Å². The fourth-order valence-corrected chi connectivity index (χ4v) is 5.65. The Morgan fingerprint density at radius 3 is 2.51 bits per heavy atom. The van der Waals surface area contributed by atoms with Gasteiger partial charge in [0.15, 0.2) is 5.69 Å². The van der Waals surface area contributed by atoms with E-state index in [2.05, 4.69) is 15.6 Å². The topological polar surface area (TPSA) is 126 Å². The van der Waals surface area contributed by atoms with Crippen LogP contribution in [0, 0.1) is 18.8 Å². The van der Waals surface area contributed by atoms with E-state index in [9.17, 15) is 19.5 Å². The van der Waals surface area contributed by atoms with Crippen molar-refractivity contribution in [2.24, 2.45) is 18.9 Å². The van der Waals surface area contributed by atoms with Gasteiger partial charge in [-0.15, -0.1) is 0 Å². The lowest BCUT2D eigenvalue weighted by molar-refractivity contribution is -0.130. The van der Waals surface area contributed by atoms with E-state index < -0.39 is 18.1 Å². The molecule has 0 saturated heterocycles. The Morgan fingerprint density at radius 1 is 1.13 bits per heavy atom. The number of rotatable bonds is 11. The maximum atomic E-state index is 13.7. The lowest BCUT2D eigenvalue weighted by Gasteiger charge is -2.25. The van der Waals surface area contributed by atoms with E-state index in [1.807, 2.05) is 55.9 Å². The number of nitrogens with one attached hydrogen (secondary N) is 2. The molecule has 39 heavy (non-hydrogen) atoms. The van der Waals surface area contributed by atoms with Gasteiger partial charge in [0.25, 0.3) is 0 Å². The normalized spacial score (nSPS) is 15.8. The molecular formula is C30H40N4O5. The predicted octanol–water partition coefficient (Wildman–Crippen LogP) is 5.07. The van der Waals surface area contributed by atoms with Gasteiger partial charge >= 0.3 is 5.97 Å². The summed E-state index contributed by atoms with van der Waals surface area (Å²) in [6, 6.07) is 6.52.